The number of hydrogen-bond donors (Lipinski definition) is 1. The van der Waals surface area contributed by atoms with Crippen LogP contribution < -0.4 is 9.46 Å². The van der Waals surface area contributed by atoms with Crippen molar-refractivity contribution in [3.63, 3.8) is 0 Å². The Morgan fingerprint density at radius 2 is 1.73 bits per heavy atom. The summed E-state index contributed by atoms with van der Waals surface area (Å²) in [5, 5.41) is -0.204. The molecule has 3 rings (SSSR count). The summed E-state index contributed by atoms with van der Waals surface area (Å²) in [7, 11) is -3.22. The van der Waals surface area contributed by atoms with Gasteiger partial charge in [0.05, 0.1) is 11.9 Å². The van der Waals surface area contributed by atoms with Gasteiger partial charge in [0.15, 0.2) is 0 Å². The maximum absolute atomic E-state index is 12.6. The minimum absolute atomic E-state index is 0.0853. The SMILES string of the molecule is CCOc1ccc(C(CNS(=O)(=O)C2CCCC2)N2CCCCC2)cc1. The summed E-state index contributed by atoms with van der Waals surface area (Å²) in [5.41, 5.74) is 1.16. The smallest absolute Gasteiger partial charge is 0.214 e. The number of benzene rings is 1. The highest BCUT2D eigenvalue weighted by Crippen LogP contribution is 2.28. The summed E-state index contributed by atoms with van der Waals surface area (Å²) >= 11 is 0. The number of piperidine rings is 1. The first-order chi connectivity index (χ1) is 12.6. The molecule has 146 valence electrons. The highest BCUT2D eigenvalue weighted by Gasteiger charge is 2.30. The lowest BCUT2D eigenvalue weighted by molar-refractivity contribution is 0.164. The zero-order valence-corrected chi connectivity index (χ0v) is 16.6. The minimum Gasteiger partial charge on any atom is -0.494 e. The third-order valence-electron chi connectivity index (χ3n) is 5.63. The average Bonchev–Trinajstić information content (AvgIpc) is 3.20. The summed E-state index contributed by atoms with van der Waals surface area (Å²) < 4.78 is 33.8. The fourth-order valence-electron chi connectivity index (χ4n) is 4.15. The summed E-state index contributed by atoms with van der Waals surface area (Å²) in [6.45, 7) is 5.14. The lowest BCUT2D eigenvalue weighted by Crippen LogP contribution is -2.42. The molecule has 1 heterocycles. The molecule has 0 aromatic heterocycles. The van der Waals surface area contributed by atoms with E-state index in [1.807, 2.05) is 19.1 Å². The molecule has 1 saturated carbocycles. The van der Waals surface area contributed by atoms with Crippen LogP contribution in [0, 0.1) is 0 Å². The first kappa shape index (κ1) is 19.6. The molecule has 1 unspecified atom stereocenters. The molecule has 0 amide bonds. The molecule has 5 nitrogen and oxygen atoms in total. The molecule has 0 bridgehead atoms. The van der Waals surface area contributed by atoms with Gasteiger partial charge in [-0.2, -0.15) is 0 Å². The van der Waals surface area contributed by atoms with E-state index in [2.05, 4.69) is 21.8 Å². The molecule has 1 aromatic rings. The first-order valence-electron chi connectivity index (χ1n) is 10.1. The highest BCUT2D eigenvalue weighted by molar-refractivity contribution is 7.90. The molecule has 2 fully saturated rings. The lowest BCUT2D eigenvalue weighted by atomic mass is 10.0. The number of nitrogens with one attached hydrogen (secondary N) is 1. The van der Waals surface area contributed by atoms with Crippen LogP contribution in [-0.2, 0) is 10.0 Å². The van der Waals surface area contributed by atoms with Crippen molar-refractivity contribution in [3.05, 3.63) is 29.8 Å². The molecule has 1 aliphatic heterocycles. The summed E-state index contributed by atoms with van der Waals surface area (Å²) in [5.74, 6) is 0.861. The quantitative estimate of drug-likeness (QED) is 0.750. The summed E-state index contributed by atoms with van der Waals surface area (Å²) in [6.07, 6.45) is 7.28. The van der Waals surface area contributed by atoms with E-state index in [1.54, 1.807) is 0 Å². The Bertz CT molecular complexity index is 648. The lowest BCUT2D eigenvalue weighted by Gasteiger charge is -2.35. The van der Waals surface area contributed by atoms with Crippen LogP contribution in [0.3, 0.4) is 0 Å². The van der Waals surface area contributed by atoms with Crippen LogP contribution in [-0.4, -0.2) is 44.8 Å². The molecule has 26 heavy (non-hydrogen) atoms. The van der Waals surface area contributed by atoms with E-state index >= 15 is 0 Å². The van der Waals surface area contributed by atoms with Gasteiger partial charge >= 0.3 is 0 Å². The third kappa shape index (κ3) is 4.99. The zero-order chi connectivity index (χ0) is 18.4. The standard InChI is InChI=1S/C20H32N2O3S/c1-2-25-18-12-10-17(11-13-18)20(22-14-6-3-7-15-22)16-21-26(23,24)19-8-4-5-9-19/h10-13,19-21H,2-9,14-16H2,1H3. The van der Waals surface area contributed by atoms with Crippen molar-refractivity contribution < 1.29 is 13.2 Å². The van der Waals surface area contributed by atoms with Gasteiger partial charge in [0, 0.05) is 12.6 Å². The van der Waals surface area contributed by atoms with Crippen LogP contribution in [0.1, 0.15) is 63.5 Å². The van der Waals surface area contributed by atoms with Crippen molar-refractivity contribution in [2.24, 2.45) is 0 Å². The third-order valence-corrected chi connectivity index (χ3v) is 7.54. The Morgan fingerprint density at radius 3 is 2.35 bits per heavy atom. The van der Waals surface area contributed by atoms with E-state index in [9.17, 15) is 8.42 Å². The molecule has 1 N–H and O–H groups in total. The maximum atomic E-state index is 12.6. The number of likely N-dealkylation sites (tertiary alicyclic amines) is 1. The highest BCUT2D eigenvalue weighted by atomic mass is 32.2. The van der Waals surface area contributed by atoms with Gasteiger partial charge in [-0.05, 0) is 63.4 Å². The second kappa shape index (κ2) is 9.20. The number of hydrogen-bond acceptors (Lipinski definition) is 4. The Kier molecular flexibility index (Phi) is 6.95. The van der Waals surface area contributed by atoms with E-state index < -0.39 is 10.0 Å². The average molecular weight is 381 g/mol. The van der Waals surface area contributed by atoms with E-state index in [4.69, 9.17) is 4.74 Å². The topological polar surface area (TPSA) is 58.6 Å². The number of sulfonamides is 1. The summed E-state index contributed by atoms with van der Waals surface area (Å²) in [6, 6.07) is 8.22. The number of nitrogens with zero attached hydrogens (tertiary/aromatic N) is 1. The predicted molar refractivity (Wildman–Crippen MR) is 105 cm³/mol. The van der Waals surface area contributed by atoms with Crippen molar-refractivity contribution in [1.29, 1.82) is 0 Å². The van der Waals surface area contributed by atoms with Crippen LogP contribution in [0.4, 0.5) is 0 Å². The fraction of sp³-hybridized carbons (Fsp3) is 0.700. The van der Waals surface area contributed by atoms with Gasteiger partial charge in [-0.25, -0.2) is 13.1 Å². The Morgan fingerprint density at radius 1 is 1.08 bits per heavy atom. The Hall–Kier alpha value is -1.11. The molecule has 2 aliphatic rings. The molecule has 6 heteroatoms. The molecule has 1 atom stereocenters. The molecule has 1 saturated heterocycles. The predicted octanol–water partition coefficient (Wildman–Crippen LogP) is 3.47. The van der Waals surface area contributed by atoms with Gasteiger partial charge < -0.3 is 4.74 Å². The van der Waals surface area contributed by atoms with Gasteiger partial charge in [0.25, 0.3) is 0 Å². The second-order valence-corrected chi connectivity index (χ2v) is 9.46. The Balaban J connectivity index is 1.72. The van der Waals surface area contributed by atoms with Gasteiger partial charge in [0.2, 0.25) is 10.0 Å². The van der Waals surface area contributed by atoms with Gasteiger partial charge in [-0.1, -0.05) is 31.4 Å². The van der Waals surface area contributed by atoms with Crippen molar-refractivity contribution in [3.8, 4) is 5.75 Å². The van der Waals surface area contributed by atoms with Gasteiger partial charge in [-0.15, -0.1) is 0 Å². The van der Waals surface area contributed by atoms with Crippen LogP contribution in [0.5, 0.6) is 5.75 Å². The zero-order valence-electron chi connectivity index (χ0n) is 15.8. The molecule has 1 aliphatic carbocycles. The fourth-order valence-corrected chi connectivity index (χ4v) is 5.73. The largest absolute Gasteiger partial charge is 0.494 e. The molecular formula is C20H32N2O3S. The van der Waals surface area contributed by atoms with Gasteiger partial charge in [-0.3, -0.25) is 4.90 Å². The maximum Gasteiger partial charge on any atom is 0.214 e. The van der Waals surface area contributed by atoms with Crippen molar-refractivity contribution >= 4 is 10.0 Å². The minimum atomic E-state index is -3.22. The van der Waals surface area contributed by atoms with Crippen LogP contribution >= 0.6 is 0 Å². The molecule has 0 radical (unpaired) electrons. The Labute approximate surface area is 158 Å². The van der Waals surface area contributed by atoms with Crippen LogP contribution in [0.25, 0.3) is 0 Å². The number of ether oxygens (including phenoxy) is 1. The van der Waals surface area contributed by atoms with E-state index in [1.165, 1.54) is 19.3 Å². The molecular weight excluding hydrogens is 348 g/mol. The monoisotopic (exact) mass is 380 g/mol. The normalized spacial score (nSPS) is 21.0. The van der Waals surface area contributed by atoms with E-state index in [0.717, 1.165) is 50.1 Å². The second-order valence-electron chi connectivity index (χ2n) is 7.41. The van der Waals surface area contributed by atoms with Crippen molar-refractivity contribution in [1.82, 2.24) is 9.62 Å². The van der Waals surface area contributed by atoms with Crippen molar-refractivity contribution in [2.75, 3.05) is 26.2 Å². The molecule has 1 aromatic carbocycles. The van der Waals surface area contributed by atoms with Crippen LogP contribution in [0.2, 0.25) is 0 Å². The first-order valence-corrected chi connectivity index (χ1v) is 11.6. The number of rotatable bonds is 8. The van der Waals surface area contributed by atoms with E-state index in [0.29, 0.717) is 13.2 Å². The van der Waals surface area contributed by atoms with Crippen molar-refractivity contribution in [2.45, 2.75) is 63.2 Å². The van der Waals surface area contributed by atoms with Crippen LogP contribution in [0.15, 0.2) is 24.3 Å². The molecule has 0 spiro atoms. The van der Waals surface area contributed by atoms with Gasteiger partial charge in [0.1, 0.15) is 5.75 Å². The summed E-state index contributed by atoms with van der Waals surface area (Å²) in [4.78, 5) is 2.43. The van der Waals surface area contributed by atoms with E-state index in [-0.39, 0.29) is 11.3 Å².